The molecule has 0 saturated carbocycles. The second-order valence-corrected chi connectivity index (χ2v) is 3.42. The number of ether oxygens (including phenoxy) is 2. The van der Waals surface area contributed by atoms with E-state index in [9.17, 15) is 0 Å². The van der Waals surface area contributed by atoms with Gasteiger partial charge in [0.15, 0.2) is 5.75 Å². The molecule has 0 aliphatic carbocycles. The van der Waals surface area contributed by atoms with Gasteiger partial charge in [-0.15, -0.1) is 0 Å². The van der Waals surface area contributed by atoms with E-state index >= 15 is 0 Å². The number of hydrogen-bond acceptors (Lipinski definition) is 3. The standard InChI is InChI=1S/C10H14ClNO2/c1-7(13-2)6-14-10-8(11)4-3-5-9(10)12/h3-5,7H,6,12H2,1-2H3. The van der Waals surface area contributed by atoms with Crippen LogP contribution in [0.25, 0.3) is 0 Å². The molecule has 0 fully saturated rings. The molecule has 1 unspecified atom stereocenters. The van der Waals surface area contributed by atoms with Gasteiger partial charge in [-0.05, 0) is 19.1 Å². The summed E-state index contributed by atoms with van der Waals surface area (Å²) in [5, 5.41) is 0.522. The fraction of sp³-hybridized carbons (Fsp3) is 0.400. The Hall–Kier alpha value is -0.930. The van der Waals surface area contributed by atoms with Crippen molar-refractivity contribution in [3.05, 3.63) is 23.2 Å². The van der Waals surface area contributed by atoms with Crippen LogP contribution in [0, 0.1) is 0 Å². The van der Waals surface area contributed by atoms with Gasteiger partial charge in [-0.2, -0.15) is 0 Å². The van der Waals surface area contributed by atoms with E-state index in [2.05, 4.69) is 0 Å². The lowest BCUT2D eigenvalue weighted by molar-refractivity contribution is 0.0720. The molecular weight excluding hydrogens is 202 g/mol. The largest absolute Gasteiger partial charge is 0.487 e. The van der Waals surface area contributed by atoms with Gasteiger partial charge < -0.3 is 15.2 Å². The first-order chi connectivity index (χ1) is 6.65. The number of hydrogen-bond donors (Lipinski definition) is 1. The molecule has 0 bridgehead atoms. The third-order valence-electron chi connectivity index (χ3n) is 1.86. The molecule has 0 aliphatic rings. The molecule has 0 saturated heterocycles. The van der Waals surface area contributed by atoms with Gasteiger partial charge in [0.1, 0.15) is 6.61 Å². The van der Waals surface area contributed by atoms with Gasteiger partial charge in [-0.25, -0.2) is 0 Å². The molecule has 78 valence electrons. The molecule has 2 N–H and O–H groups in total. The third-order valence-corrected chi connectivity index (χ3v) is 2.16. The predicted molar refractivity (Wildman–Crippen MR) is 57.8 cm³/mol. The van der Waals surface area contributed by atoms with E-state index in [1.165, 1.54) is 0 Å². The molecular formula is C10H14ClNO2. The van der Waals surface area contributed by atoms with Crippen LogP contribution in [0.1, 0.15) is 6.92 Å². The van der Waals surface area contributed by atoms with E-state index in [1.807, 2.05) is 6.92 Å². The number of nitrogens with two attached hydrogens (primary N) is 1. The third kappa shape index (κ3) is 2.79. The summed E-state index contributed by atoms with van der Waals surface area (Å²) in [4.78, 5) is 0. The van der Waals surface area contributed by atoms with Crippen molar-refractivity contribution in [1.29, 1.82) is 0 Å². The molecule has 1 atom stereocenters. The van der Waals surface area contributed by atoms with Crippen LogP contribution in [0.4, 0.5) is 5.69 Å². The van der Waals surface area contributed by atoms with E-state index < -0.39 is 0 Å². The Bertz CT molecular complexity index is 284. The maximum Gasteiger partial charge on any atom is 0.160 e. The normalized spacial score (nSPS) is 12.5. The highest BCUT2D eigenvalue weighted by atomic mass is 35.5. The van der Waals surface area contributed by atoms with Crippen LogP contribution in [0.5, 0.6) is 5.75 Å². The number of anilines is 1. The summed E-state index contributed by atoms with van der Waals surface area (Å²) in [6.07, 6.45) is 0.0191. The number of rotatable bonds is 4. The van der Waals surface area contributed by atoms with Gasteiger partial charge in [0.2, 0.25) is 0 Å². The molecule has 0 radical (unpaired) electrons. The highest BCUT2D eigenvalue weighted by molar-refractivity contribution is 6.32. The SMILES string of the molecule is COC(C)COc1c(N)cccc1Cl. The van der Waals surface area contributed by atoms with E-state index in [0.717, 1.165) is 0 Å². The topological polar surface area (TPSA) is 44.5 Å². The zero-order valence-corrected chi connectivity index (χ0v) is 9.04. The second-order valence-electron chi connectivity index (χ2n) is 3.02. The first kappa shape index (κ1) is 11.1. The Morgan fingerprint density at radius 3 is 2.79 bits per heavy atom. The smallest absolute Gasteiger partial charge is 0.160 e. The Morgan fingerprint density at radius 1 is 1.50 bits per heavy atom. The highest BCUT2D eigenvalue weighted by Gasteiger charge is 2.07. The molecule has 0 amide bonds. The molecule has 4 heteroatoms. The van der Waals surface area contributed by atoms with Crippen molar-refractivity contribution < 1.29 is 9.47 Å². The van der Waals surface area contributed by atoms with Crippen molar-refractivity contribution in [3.8, 4) is 5.75 Å². The lowest BCUT2D eigenvalue weighted by atomic mass is 10.3. The van der Waals surface area contributed by atoms with Crippen molar-refractivity contribution >= 4 is 17.3 Å². The molecule has 1 aromatic rings. The van der Waals surface area contributed by atoms with E-state index in [-0.39, 0.29) is 6.10 Å². The van der Waals surface area contributed by atoms with Crippen LogP contribution in [0.2, 0.25) is 5.02 Å². The van der Waals surface area contributed by atoms with Crippen LogP contribution in [0.3, 0.4) is 0 Å². The number of halogens is 1. The van der Waals surface area contributed by atoms with Crippen molar-refractivity contribution in [2.45, 2.75) is 13.0 Å². The van der Waals surface area contributed by atoms with Crippen LogP contribution >= 0.6 is 11.6 Å². The number of nitrogen functional groups attached to an aromatic ring is 1. The average Bonchev–Trinajstić information content (AvgIpc) is 2.16. The first-order valence-corrected chi connectivity index (χ1v) is 4.72. The van der Waals surface area contributed by atoms with E-state index in [0.29, 0.717) is 23.1 Å². The van der Waals surface area contributed by atoms with Crippen molar-refractivity contribution in [2.75, 3.05) is 19.5 Å². The average molecular weight is 216 g/mol. The summed E-state index contributed by atoms with van der Waals surface area (Å²) >= 11 is 5.91. The molecule has 3 nitrogen and oxygen atoms in total. The number of para-hydroxylation sites is 1. The number of methoxy groups -OCH3 is 1. The maximum absolute atomic E-state index is 5.91. The van der Waals surface area contributed by atoms with Crippen molar-refractivity contribution in [2.24, 2.45) is 0 Å². The Kier molecular flexibility index (Phi) is 4.04. The predicted octanol–water partition coefficient (Wildman–Crippen LogP) is 2.34. The van der Waals surface area contributed by atoms with Gasteiger partial charge in [0.05, 0.1) is 16.8 Å². The minimum atomic E-state index is 0.0191. The van der Waals surface area contributed by atoms with Crippen LogP contribution in [-0.4, -0.2) is 19.8 Å². The number of benzene rings is 1. The van der Waals surface area contributed by atoms with Gasteiger partial charge >= 0.3 is 0 Å². The quantitative estimate of drug-likeness (QED) is 0.785. The molecule has 0 heterocycles. The van der Waals surface area contributed by atoms with Crippen LogP contribution in [0.15, 0.2) is 18.2 Å². The first-order valence-electron chi connectivity index (χ1n) is 4.34. The van der Waals surface area contributed by atoms with Crippen LogP contribution in [-0.2, 0) is 4.74 Å². The Morgan fingerprint density at radius 2 is 2.21 bits per heavy atom. The fourth-order valence-electron chi connectivity index (χ4n) is 0.947. The minimum Gasteiger partial charge on any atom is -0.487 e. The minimum absolute atomic E-state index is 0.0191. The van der Waals surface area contributed by atoms with Gasteiger partial charge in [0.25, 0.3) is 0 Å². The molecule has 14 heavy (non-hydrogen) atoms. The lowest BCUT2D eigenvalue weighted by Gasteiger charge is -2.13. The van der Waals surface area contributed by atoms with Crippen molar-refractivity contribution in [1.82, 2.24) is 0 Å². The molecule has 0 aromatic heterocycles. The summed E-state index contributed by atoms with van der Waals surface area (Å²) in [5.74, 6) is 0.526. The summed E-state index contributed by atoms with van der Waals surface area (Å²) < 4.78 is 10.5. The zero-order valence-electron chi connectivity index (χ0n) is 8.29. The fourth-order valence-corrected chi connectivity index (χ4v) is 1.18. The van der Waals surface area contributed by atoms with Crippen LogP contribution < -0.4 is 10.5 Å². The zero-order chi connectivity index (χ0) is 10.6. The van der Waals surface area contributed by atoms with Gasteiger partial charge in [0, 0.05) is 7.11 Å². The summed E-state index contributed by atoms with van der Waals surface area (Å²) in [6.45, 7) is 2.34. The van der Waals surface area contributed by atoms with Gasteiger partial charge in [-0.1, -0.05) is 17.7 Å². The maximum atomic E-state index is 5.91. The summed E-state index contributed by atoms with van der Waals surface area (Å²) in [6, 6.07) is 5.27. The molecule has 0 spiro atoms. The van der Waals surface area contributed by atoms with E-state index in [1.54, 1.807) is 25.3 Å². The van der Waals surface area contributed by atoms with Gasteiger partial charge in [-0.3, -0.25) is 0 Å². The monoisotopic (exact) mass is 215 g/mol. The Labute approximate surface area is 88.8 Å². The van der Waals surface area contributed by atoms with E-state index in [4.69, 9.17) is 26.8 Å². The summed E-state index contributed by atoms with van der Waals surface area (Å²) in [7, 11) is 1.63. The molecule has 1 aromatic carbocycles. The molecule has 0 aliphatic heterocycles. The summed E-state index contributed by atoms with van der Waals surface area (Å²) in [5.41, 5.74) is 6.24. The molecule has 1 rings (SSSR count). The Balaban J connectivity index is 2.66. The highest BCUT2D eigenvalue weighted by Crippen LogP contribution is 2.30. The second kappa shape index (κ2) is 5.08. The lowest BCUT2D eigenvalue weighted by Crippen LogP contribution is -2.16. The van der Waals surface area contributed by atoms with Crippen molar-refractivity contribution in [3.63, 3.8) is 0 Å².